The number of rotatable bonds is 3. The zero-order chi connectivity index (χ0) is 11.4. The molecule has 0 bridgehead atoms. The van der Waals surface area contributed by atoms with Gasteiger partial charge in [0.15, 0.2) is 0 Å². The normalized spacial score (nSPS) is 19.6. The highest BCUT2D eigenvalue weighted by Gasteiger charge is 2.23. The predicted molar refractivity (Wildman–Crippen MR) is 63.7 cm³/mol. The molecule has 1 atom stereocenters. The largest absolute Gasteiger partial charge is 0.394 e. The molecule has 1 N–H and O–H groups in total. The summed E-state index contributed by atoms with van der Waals surface area (Å²) in [6.45, 7) is 3.22. The first kappa shape index (κ1) is 11.9. The van der Waals surface area contributed by atoms with Gasteiger partial charge in [-0.3, -0.25) is 4.90 Å². The molecule has 0 aromatic heterocycles. The van der Waals surface area contributed by atoms with Gasteiger partial charge in [-0.15, -0.1) is 0 Å². The lowest BCUT2D eigenvalue weighted by atomic mass is 10.1. The molecular formula is C12H16ClNO2. The quantitative estimate of drug-likeness (QED) is 0.875. The number of ether oxygens (including phenoxy) is 1. The van der Waals surface area contributed by atoms with Crippen LogP contribution in [0.25, 0.3) is 0 Å². The second-order valence-electron chi connectivity index (χ2n) is 3.87. The minimum atomic E-state index is -0.0161. The summed E-state index contributed by atoms with van der Waals surface area (Å²) in [5, 5.41) is 10.2. The first-order valence-corrected chi connectivity index (χ1v) is 5.88. The fourth-order valence-electron chi connectivity index (χ4n) is 2.04. The third kappa shape index (κ3) is 2.55. The molecule has 1 unspecified atom stereocenters. The van der Waals surface area contributed by atoms with Gasteiger partial charge in [0.1, 0.15) is 0 Å². The van der Waals surface area contributed by atoms with Crippen molar-refractivity contribution in [3.05, 3.63) is 34.9 Å². The molecule has 1 aliphatic rings. The van der Waals surface area contributed by atoms with Gasteiger partial charge in [0.2, 0.25) is 0 Å². The summed E-state index contributed by atoms with van der Waals surface area (Å²) in [4.78, 5) is 2.21. The summed E-state index contributed by atoms with van der Waals surface area (Å²) in [7, 11) is 0. The second kappa shape index (κ2) is 5.64. The molecule has 1 aliphatic heterocycles. The summed E-state index contributed by atoms with van der Waals surface area (Å²) < 4.78 is 5.30. The molecule has 0 radical (unpaired) electrons. The molecule has 1 fully saturated rings. The van der Waals surface area contributed by atoms with Crippen molar-refractivity contribution in [1.29, 1.82) is 0 Å². The lowest BCUT2D eigenvalue weighted by molar-refractivity contribution is 0.00261. The van der Waals surface area contributed by atoms with Crippen molar-refractivity contribution in [2.24, 2.45) is 0 Å². The Morgan fingerprint density at radius 1 is 1.31 bits per heavy atom. The monoisotopic (exact) mass is 241 g/mol. The van der Waals surface area contributed by atoms with E-state index in [0.717, 1.165) is 31.9 Å². The second-order valence-corrected chi connectivity index (χ2v) is 4.28. The van der Waals surface area contributed by atoms with Gasteiger partial charge in [0, 0.05) is 18.1 Å². The van der Waals surface area contributed by atoms with Crippen LogP contribution in [0.2, 0.25) is 5.02 Å². The fourth-order valence-corrected chi connectivity index (χ4v) is 2.31. The third-order valence-electron chi connectivity index (χ3n) is 2.92. The van der Waals surface area contributed by atoms with Crippen LogP contribution in [0.5, 0.6) is 0 Å². The van der Waals surface area contributed by atoms with E-state index < -0.39 is 0 Å². The molecule has 1 aromatic carbocycles. The number of aliphatic hydroxyl groups is 1. The maximum absolute atomic E-state index is 9.52. The van der Waals surface area contributed by atoms with Crippen LogP contribution in [-0.4, -0.2) is 42.9 Å². The summed E-state index contributed by atoms with van der Waals surface area (Å²) in [6.07, 6.45) is 0. The molecule has 2 rings (SSSR count). The molecule has 88 valence electrons. The SMILES string of the molecule is OCC(c1ccccc1Cl)N1CCOCC1. The zero-order valence-corrected chi connectivity index (χ0v) is 9.86. The van der Waals surface area contributed by atoms with Crippen molar-refractivity contribution in [3.8, 4) is 0 Å². The Morgan fingerprint density at radius 3 is 2.62 bits per heavy atom. The Kier molecular flexibility index (Phi) is 4.18. The summed E-state index contributed by atoms with van der Waals surface area (Å²) in [6, 6.07) is 7.67. The zero-order valence-electron chi connectivity index (χ0n) is 9.10. The number of nitrogens with zero attached hydrogens (tertiary/aromatic N) is 1. The number of hydrogen-bond acceptors (Lipinski definition) is 3. The van der Waals surface area contributed by atoms with E-state index >= 15 is 0 Å². The summed E-state index contributed by atoms with van der Waals surface area (Å²) in [5.74, 6) is 0. The van der Waals surface area contributed by atoms with Crippen molar-refractivity contribution in [2.75, 3.05) is 32.9 Å². The molecule has 1 aromatic rings. The van der Waals surface area contributed by atoms with Crippen LogP contribution in [0, 0.1) is 0 Å². The van der Waals surface area contributed by atoms with Gasteiger partial charge in [-0.2, -0.15) is 0 Å². The first-order chi connectivity index (χ1) is 7.83. The number of morpholine rings is 1. The molecule has 0 saturated carbocycles. The lowest BCUT2D eigenvalue weighted by Gasteiger charge is -2.34. The van der Waals surface area contributed by atoms with Crippen LogP contribution >= 0.6 is 11.6 Å². The topological polar surface area (TPSA) is 32.7 Å². The molecule has 3 nitrogen and oxygen atoms in total. The van der Waals surface area contributed by atoms with Crippen LogP contribution in [-0.2, 0) is 4.74 Å². The Morgan fingerprint density at radius 2 is 2.00 bits per heavy atom. The van der Waals surface area contributed by atoms with Crippen molar-refractivity contribution < 1.29 is 9.84 Å². The summed E-state index contributed by atoms with van der Waals surface area (Å²) in [5.41, 5.74) is 0.994. The summed E-state index contributed by atoms with van der Waals surface area (Å²) >= 11 is 6.15. The van der Waals surface area contributed by atoms with Crippen LogP contribution in [0.3, 0.4) is 0 Å². The Labute approximate surface area is 101 Å². The number of halogens is 1. The van der Waals surface area contributed by atoms with E-state index in [1.54, 1.807) is 0 Å². The van der Waals surface area contributed by atoms with E-state index in [1.807, 2.05) is 24.3 Å². The smallest absolute Gasteiger partial charge is 0.0629 e. The molecule has 1 saturated heterocycles. The van der Waals surface area contributed by atoms with Crippen LogP contribution in [0.4, 0.5) is 0 Å². The van der Waals surface area contributed by atoms with E-state index in [1.165, 1.54) is 0 Å². The number of aliphatic hydroxyl groups excluding tert-OH is 1. The van der Waals surface area contributed by atoms with Gasteiger partial charge in [-0.1, -0.05) is 29.8 Å². The van der Waals surface area contributed by atoms with E-state index in [0.29, 0.717) is 5.02 Å². The van der Waals surface area contributed by atoms with Gasteiger partial charge >= 0.3 is 0 Å². The van der Waals surface area contributed by atoms with Crippen LogP contribution in [0.15, 0.2) is 24.3 Å². The Balaban J connectivity index is 2.18. The average Bonchev–Trinajstić information content (AvgIpc) is 2.34. The molecule has 16 heavy (non-hydrogen) atoms. The van der Waals surface area contributed by atoms with Crippen molar-refractivity contribution in [1.82, 2.24) is 4.90 Å². The molecule has 0 aliphatic carbocycles. The van der Waals surface area contributed by atoms with E-state index in [9.17, 15) is 5.11 Å². The molecule has 0 amide bonds. The maximum Gasteiger partial charge on any atom is 0.0629 e. The fraction of sp³-hybridized carbons (Fsp3) is 0.500. The molecular weight excluding hydrogens is 226 g/mol. The lowest BCUT2D eigenvalue weighted by Crippen LogP contribution is -2.40. The maximum atomic E-state index is 9.52. The highest BCUT2D eigenvalue weighted by Crippen LogP contribution is 2.27. The minimum absolute atomic E-state index is 0.0161. The highest BCUT2D eigenvalue weighted by atomic mass is 35.5. The van der Waals surface area contributed by atoms with Crippen molar-refractivity contribution in [2.45, 2.75) is 6.04 Å². The Hall–Kier alpha value is -0.610. The number of hydrogen-bond donors (Lipinski definition) is 1. The minimum Gasteiger partial charge on any atom is -0.394 e. The van der Waals surface area contributed by atoms with E-state index in [4.69, 9.17) is 16.3 Å². The predicted octanol–water partition coefficient (Wildman–Crippen LogP) is 1.71. The first-order valence-electron chi connectivity index (χ1n) is 5.50. The highest BCUT2D eigenvalue weighted by molar-refractivity contribution is 6.31. The average molecular weight is 242 g/mol. The van der Waals surface area contributed by atoms with Gasteiger partial charge in [-0.25, -0.2) is 0 Å². The van der Waals surface area contributed by atoms with E-state index in [2.05, 4.69) is 4.90 Å². The van der Waals surface area contributed by atoms with Gasteiger partial charge < -0.3 is 9.84 Å². The molecule has 0 spiro atoms. The van der Waals surface area contributed by atoms with Crippen LogP contribution in [0.1, 0.15) is 11.6 Å². The standard InChI is InChI=1S/C12H16ClNO2/c13-11-4-2-1-3-10(11)12(9-15)14-5-7-16-8-6-14/h1-4,12,15H,5-9H2. The van der Waals surface area contributed by atoms with Crippen molar-refractivity contribution >= 4 is 11.6 Å². The third-order valence-corrected chi connectivity index (χ3v) is 3.27. The van der Waals surface area contributed by atoms with Gasteiger partial charge in [0.25, 0.3) is 0 Å². The van der Waals surface area contributed by atoms with Gasteiger partial charge in [0.05, 0.1) is 25.9 Å². The van der Waals surface area contributed by atoms with Crippen LogP contribution < -0.4 is 0 Å². The number of benzene rings is 1. The molecule has 1 heterocycles. The Bertz CT molecular complexity index is 340. The van der Waals surface area contributed by atoms with Crippen molar-refractivity contribution in [3.63, 3.8) is 0 Å². The molecule has 4 heteroatoms. The van der Waals surface area contributed by atoms with E-state index in [-0.39, 0.29) is 12.6 Å². The van der Waals surface area contributed by atoms with Gasteiger partial charge in [-0.05, 0) is 11.6 Å².